The molecule has 0 atom stereocenters. The summed E-state index contributed by atoms with van der Waals surface area (Å²) in [6.07, 6.45) is 1.64. The van der Waals surface area contributed by atoms with Gasteiger partial charge in [0.2, 0.25) is 11.8 Å². The quantitative estimate of drug-likeness (QED) is 0.596. The average Bonchev–Trinajstić information content (AvgIpc) is 2.65. The Morgan fingerprint density at radius 2 is 1.75 bits per heavy atom. The highest BCUT2D eigenvalue weighted by Gasteiger charge is 2.21. The highest BCUT2D eigenvalue weighted by atomic mass is 16.5. The maximum absolute atomic E-state index is 12.3. The Labute approximate surface area is 166 Å². The van der Waals surface area contributed by atoms with Crippen molar-refractivity contribution in [3.8, 4) is 5.75 Å². The van der Waals surface area contributed by atoms with Crippen molar-refractivity contribution in [1.29, 1.82) is 0 Å². The molecule has 2 aromatic carbocycles. The zero-order chi connectivity index (χ0) is 20.6. The van der Waals surface area contributed by atoms with Gasteiger partial charge in [-0.1, -0.05) is 51.6 Å². The third kappa shape index (κ3) is 6.46. The molecular formula is C22H27N3O3. The number of benzene rings is 2. The minimum absolute atomic E-state index is 0.0708. The van der Waals surface area contributed by atoms with E-state index in [4.69, 9.17) is 4.74 Å². The molecule has 0 aliphatic rings. The van der Waals surface area contributed by atoms with E-state index in [-0.39, 0.29) is 18.4 Å². The normalized spacial score (nSPS) is 10.7. The van der Waals surface area contributed by atoms with E-state index >= 15 is 0 Å². The van der Waals surface area contributed by atoms with Crippen LogP contribution in [-0.2, 0) is 9.59 Å². The molecule has 0 saturated carbocycles. The van der Waals surface area contributed by atoms with Crippen molar-refractivity contribution in [3.63, 3.8) is 0 Å². The zero-order valence-corrected chi connectivity index (χ0v) is 16.5. The lowest BCUT2D eigenvalue weighted by molar-refractivity contribution is -0.123. The summed E-state index contributed by atoms with van der Waals surface area (Å²) in [7, 11) is 0. The van der Waals surface area contributed by atoms with Crippen LogP contribution in [0.3, 0.4) is 0 Å². The van der Waals surface area contributed by atoms with Gasteiger partial charge in [0.1, 0.15) is 12.4 Å². The van der Waals surface area contributed by atoms with Crippen molar-refractivity contribution in [2.75, 3.05) is 29.1 Å². The van der Waals surface area contributed by atoms with Crippen LogP contribution in [0.15, 0.2) is 61.2 Å². The maximum Gasteiger partial charge on any atom is 0.243 e. The maximum atomic E-state index is 12.3. The first-order valence-electron chi connectivity index (χ1n) is 9.07. The van der Waals surface area contributed by atoms with Crippen LogP contribution in [0.4, 0.5) is 17.1 Å². The van der Waals surface area contributed by atoms with Crippen molar-refractivity contribution >= 4 is 28.9 Å². The number of carbonyl (C=O) groups is 2. The van der Waals surface area contributed by atoms with Gasteiger partial charge in [-0.25, -0.2) is 0 Å². The highest BCUT2D eigenvalue weighted by Crippen LogP contribution is 2.24. The smallest absolute Gasteiger partial charge is 0.243 e. The molecule has 2 rings (SSSR count). The molecule has 148 valence electrons. The summed E-state index contributed by atoms with van der Waals surface area (Å²) < 4.78 is 5.54. The fourth-order valence-electron chi connectivity index (χ4n) is 2.25. The number of para-hydroxylation sites is 2. The second kappa shape index (κ2) is 9.60. The molecule has 0 spiro atoms. The lowest BCUT2D eigenvalue weighted by Crippen LogP contribution is -2.27. The van der Waals surface area contributed by atoms with E-state index < -0.39 is 5.41 Å². The van der Waals surface area contributed by atoms with Crippen LogP contribution in [0.25, 0.3) is 0 Å². The molecule has 0 aliphatic heterocycles. The van der Waals surface area contributed by atoms with E-state index in [1.54, 1.807) is 24.3 Å². The van der Waals surface area contributed by atoms with Crippen LogP contribution in [0.1, 0.15) is 20.8 Å². The number of ether oxygens (including phenoxy) is 1. The molecule has 3 N–H and O–H groups in total. The molecule has 0 saturated heterocycles. The van der Waals surface area contributed by atoms with Gasteiger partial charge < -0.3 is 20.7 Å². The van der Waals surface area contributed by atoms with Gasteiger partial charge in [0.25, 0.3) is 0 Å². The van der Waals surface area contributed by atoms with Gasteiger partial charge in [0.05, 0.1) is 12.2 Å². The molecule has 0 aliphatic carbocycles. The molecule has 28 heavy (non-hydrogen) atoms. The molecule has 0 aromatic heterocycles. The van der Waals surface area contributed by atoms with E-state index in [0.717, 1.165) is 5.69 Å². The minimum atomic E-state index is -0.482. The Balaban J connectivity index is 1.94. The predicted molar refractivity (Wildman–Crippen MR) is 114 cm³/mol. The Morgan fingerprint density at radius 3 is 2.46 bits per heavy atom. The van der Waals surface area contributed by atoms with E-state index in [1.807, 2.05) is 51.1 Å². The number of amides is 2. The zero-order valence-electron chi connectivity index (χ0n) is 16.5. The largest absolute Gasteiger partial charge is 0.487 e. The van der Waals surface area contributed by atoms with E-state index in [1.165, 1.54) is 0 Å². The van der Waals surface area contributed by atoms with Crippen molar-refractivity contribution in [1.82, 2.24) is 0 Å². The monoisotopic (exact) mass is 381 g/mol. The van der Waals surface area contributed by atoms with Gasteiger partial charge in [0, 0.05) is 16.8 Å². The SMILES string of the molecule is C=CCOc1ccccc1NC(=O)CNc1cccc(NC(=O)C(C)(C)C)c1. The lowest BCUT2D eigenvalue weighted by Gasteiger charge is -2.18. The van der Waals surface area contributed by atoms with Crippen LogP contribution < -0.4 is 20.7 Å². The van der Waals surface area contributed by atoms with Gasteiger partial charge in [0.15, 0.2) is 0 Å². The van der Waals surface area contributed by atoms with E-state index in [2.05, 4.69) is 22.5 Å². The number of nitrogens with one attached hydrogen (secondary N) is 3. The summed E-state index contributed by atoms with van der Waals surface area (Å²) in [6, 6.07) is 14.5. The van der Waals surface area contributed by atoms with Crippen LogP contribution in [-0.4, -0.2) is 25.0 Å². The topological polar surface area (TPSA) is 79.5 Å². The molecular weight excluding hydrogens is 354 g/mol. The first kappa shape index (κ1) is 21.0. The van der Waals surface area contributed by atoms with Gasteiger partial charge in [-0.3, -0.25) is 9.59 Å². The van der Waals surface area contributed by atoms with Crippen LogP contribution >= 0.6 is 0 Å². The van der Waals surface area contributed by atoms with Gasteiger partial charge in [-0.2, -0.15) is 0 Å². The predicted octanol–water partition coefficient (Wildman–Crippen LogP) is 4.29. The number of anilines is 3. The number of carbonyl (C=O) groups excluding carboxylic acids is 2. The van der Waals surface area contributed by atoms with Crippen molar-refractivity contribution in [2.45, 2.75) is 20.8 Å². The summed E-state index contributed by atoms with van der Waals surface area (Å²) in [5, 5.41) is 8.76. The Morgan fingerprint density at radius 1 is 1.04 bits per heavy atom. The molecule has 0 unspecified atom stereocenters. The summed E-state index contributed by atoms with van der Waals surface area (Å²) >= 11 is 0. The summed E-state index contributed by atoms with van der Waals surface area (Å²) in [5.74, 6) is 0.306. The average molecular weight is 381 g/mol. The van der Waals surface area contributed by atoms with Crippen molar-refractivity contribution in [3.05, 3.63) is 61.2 Å². The third-order valence-corrected chi connectivity index (χ3v) is 3.77. The van der Waals surface area contributed by atoms with E-state index in [9.17, 15) is 9.59 Å². The highest BCUT2D eigenvalue weighted by molar-refractivity contribution is 5.96. The number of hydrogen-bond acceptors (Lipinski definition) is 4. The van der Waals surface area contributed by atoms with E-state index in [0.29, 0.717) is 23.7 Å². The Bertz CT molecular complexity index is 841. The molecule has 0 radical (unpaired) electrons. The number of rotatable bonds is 8. The summed E-state index contributed by atoms with van der Waals surface area (Å²) in [4.78, 5) is 24.4. The van der Waals surface area contributed by atoms with Gasteiger partial charge in [-0.15, -0.1) is 0 Å². The second-order valence-electron chi connectivity index (χ2n) is 7.28. The Kier molecular flexibility index (Phi) is 7.21. The molecule has 6 nitrogen and oxygen atoms in total. The summed E-state index contributed by atoms with van der Waals surface area (Å²) in [5.41, 5.74) is 1.53. The Hall–Kier alpha value is -3.28. The van der Waals surface area contributed by atoms with Gasteiger partial charge in [-0.05, 0) is 30.3 Å². The first-order chi connectivity index (χ1) is 13.3. The van der Waals surface area contributed by atoms with Crippen molar-refractivity contribution in [2.24, 2.45) is 5.41 Å². The fourth-order valence-corrected chi connectivity index (χ4v) is 2.25. The van der Waals surface area contributed by atoms with Gasteiger partial charge >= 0.3 is 0 Å². The molecule has 2 aromatic rings. The standard InChI is InChI=1S/C22H27N3O3/c1-5-13-28-19-12-7-6-11-18(19)25-20(26)15-23-16-9-8-10-17(14-16)24-21(27)22(2,3)4/h5-12,14,23H,1,13,15H2,2-4H3,(H,24,27)(H,25,26). The number of hydrogen-bond donors (Lipinski definition) is 3. The minimum Gasteiger partial charge on any atom is -0.487 e. The van der Waals surface area contributed by atoms with Crippen molar-refractivity contribution < 1.29 is 14.3 Å². The van der Waals surface area contributed by atoms with Crippen LogP contribution in [0, 0.1) is 5.41 Å². The fraction of sp³-hybridized carbons (Fsp3) is 0.273. The molecule has 0 fully saturated rings. The molecule has 6 heteroatoms. The van der Waals surface area contributed by atoms with Crippen LogP contribution in [0.2, 0.25) is 0 Å². The third-order valence-electron chi connectivity index (χ3n) is 3.77. The second-order valence-corrected chi connectivity index (χ2v) is 7.28. The molecule has 0 heterocycles. The van der Waals surface area contributed by atoms with Crippen LogP contribution in [0.5, 0.6) is 5.75 Å². The molecule has 0 bridgehead atoms. The molecule has 2 amide bonds. The first-order valence-corrected chi connectivity index (χ1v) is 9.07. The lowest BCUT2D eigenvalue weighted by atomic mass is 9.95. The summed E-state index contributed by atoms with van der Waals surface area (Å²) in [6.45, 7) is 9.61.